The third-order valence-corrected chi connectivity index (χ3v) is 1.74. The molecule has 0 fully saturated rings. The van der Waals surface area contributed by atoms with Gasteiger partial charge in [-0.3, -0.25) is 4.79 Å². The molecule has 0 radical (unpaired) electrons. The van der Waals surface area contributed by atoms with E-state index >= 15 is 0 Å². The standard InChI is InChI=1S/C8H7ClO.CH3Cl/c1-6-2-3-7(5-10)4-8(6)9;1-2/h2-5H,1H3;1H3. The maximum atomic E-state index is 10.2. The lowest BCUT2D eigenvalue weighted by atomic mass is 10.2. The molecule has 3 heteroatoms. The van der Waals surface area contributed by atoms with Gasteiger partial charge in [0.25, 0.3) is 0 Å². The van der Waals surface area contributed by atoms with Crippen LogP contribution in [0, 0.1) is 6.92 Å². The molecule has 66 valence electrons. The molecule has 0 aliphatic rings. The number of aldehydes is 1. The first kappa shape index (κ1) is 11.5. The van der Waals surface area contributed by atoms with Crippen LogP contribution in [0.4, 0.5) is 0 Å². The molecule has 0 atom stereocenters. The molecule has 12 heavy (non-hydrogen) atoms. The Hall–Kier alpha value is -0.530. The van der Waals surface area contributed by atoms with Crippen molar-refractivity contribution in [2.45, 2.75) is 6.92 Å². The Morgan fingerprint density at radius 2 is 1.92 bits per heavy atom. The van der Waals surface area contributed by atoms with E-state index in [2.05, 4.69) is 11.6 Å². The van der Waals surface area contributed by atoms with Crippen LogP contribution in [0.15, 0.2) is 18.2 Å². The Balaban J connectivity index is 0.000000561. The zero-order chi connectivity index (χ0) is 9.56. The summed E-state index contributed by atoms with van der Waals surface area (Å²) in [6.07, 6.45) is 2.26. The van der Waals surface area contributed by atoms with Crippen LogP contribution < -0.4 is 0 Å². The first-order valence-electron chi connectivity index (χ1n) is 3.33. The number of carbonyl (C=O) groups excluding carboxylic acids is 1. The molecule has 1 nitrogen and oxygen atoms in total. The molecule has 0 saturated carbocycles. The summed E-state index contributed by atoms with van der Waals surface area (Å²) < 4.78 is 0. The quantitative estimate of drug-likeness (QED) is 0.507. The van der Waals surface area contributed by atoms with Gasteiger partial charge in [-0.25, -0.2) is 0 Å². The largest absolute Gasteiger partial charge is 0.298 e. The number of rotatable bonds is 1. The minimum absolute atomic E-state index is 0.621. The molecule has 0 aliphatic carbocycles. The van der Waals surface area contributed by atoms with Gasteiger partial charge in [0.15, 0.2) is 0 Å². The zero-order valence-corrected chi connectivity index (χ0v) is 8.49. The Labute approximate surface area is 82.3 Å². The van der Waals surface area contributed by atoms with E-state index in [0.717, 1.165) is 11.8 Å². The van der Waals surface area contributed by atoms with Gasteiger partial charge in [-0.1, -0.05) is 23.7 Å². The molecule has 0 aliphatic heterocycles. The maximum absolute atomic E-state index is 10.2. The predicted octanol–water partition coefficient (Wildman–Crippen LogP) is 3.32. The van der Waals surface area contributed by atoms with Crippen molar-refractivity contribution in [2.24, 2.45) is 0 Å². The first-order chi connectivity index (χ1) is 5.74. The Kier molecular flexibility index (Phi) is 5.77. The van der Waals surface area contributed by atoms with E-state index in [1.165, 1.54) is 6.38 Å². The third-order valence-electron chi connectivity index (χ3n) is 1.33. The van der Waals surface area contributed by atoms with Crippen molar-refractivity contribution >= 4 is 29.5 Å². The summed E-state index contributed by atoms with van der Waals surface area (Å²) in [5.41, 5.74) is 1.61. The lowest BCUT2D eigenvalue weighted by molar-refractivity contribution is 0.112. The second-order valence-electron chi connectivity index (χ2n) is 2.13. The minimum atomic E-state index is 0.621. The topological polar surface area (TPSA) is 17.1 Å². The van der Waals surface area contributed by atoms with E-state index in [0.29, 0.717) is 10.6 Å². The summed E-state index contributed by atoms with van der Waals surface area (Å²) in [4.78, 5) is 10.2. The Morgan fingerprint density at radius 1 is 1.33 bits per heavy atom. The second-order valence-corrected chi connectivity index (χ2v) is 2.53. The lowest BCUT2D eigenvalue weighted by Crippen LogP contribution is -1.80. The number of carbonyl (C=O) groups is 1. The van der Waals surface area contributed by atoms with Crippen LogP contribution in [0.2, 0.25) is 5.02 Å². The summed E-state index contributed by atoms with van der Waals surface area (Å²) in [5, 5.41) is 0.643. The SMILES string of the molecule is CCl.Cc1ccc(C=O)cc1Cl. The van der Waals surface area contributed by atoms with Crippen molar-refractivity contribution < 1.29 is 4.79 Å². The number of benzene rings is 1. The fourth-order valence-corrected chi connectivity index (χ4v) is 0.871. The number of hydrogen-bond acceptors (Lipinski definition) is 1. The summed E-state index contributed by atoms with van der Waals surface area (Å²) in [6.45, 7) is 1.90. The molecule has 0 amide bonds. The fraction of sp³-hybridized carbons (Fsp3) is 0.222. The van der Waals surface area contributed by atoms with Gasteiger partial charge in [0.05, 0.1) is 0 Å². The predicted molar refractivity (Wildman–Crippen MR) is 53.4 cm³/mol. The monoisotopic (exact) mass is 204 g/mol. The highest BCUT2D eigenvalue weighted by molar-refractivity contribution is 6.31. The van der Waals surface area contributed by atoms with Gasteiger partial charge in [-0.2, -0.15) is 0 Å². The first-order valence-corrected chi connectivity index (χ1v) is 4.46. The van der Waals surface area contributed by atoms with Crippen molar-refractivity contribution in [1.29, 1.82) is 0 Å². The smallest absolute Gasteiger partial charge is 0.150 e. The summed E-state index contributed by atoms with van der Waals surface area (Å²) in [5.74, 6) is 0. The molecule has 0 unspecified atom stereocenters. The van der Waals surface area contributed by atoms with Crippen LogP contribution in [0.3, 0.4) is 0 Å². The fourth-order valence-electron chi connectivity index (χ4n) is 0.682. The van der Waals surface area contributed by atoms with Crippen LogP contribution in [0.1, 0.15) is 15.9 Å². The maximum Gasteiger partial charge on any atom is 0.150 e. The van der Waals surface area contributed by atoms with Crippen LogP contribution in [-0.4, -0.2) is 12.7 Å². The third kappa shape index (κ3) is 3.24. The number of hydrogen-bond donors (Lipinski definition) is 0. The van der Waals surface area contributed by atoms with Gasteiger partial charge in [0, 0.05) is 17.0 Å². The number of alkyl halides is 1. The summed E-state index contributed by atoms with van der Waals surface area (Å²) in [7, 11) is 0. The van der Waals surface area contributed by atoms with Crippen molar-refractivity contribution in [3.63, 3.8) is 0 Å². The summed E-state index contributed by atoms with van der Waals surface area (Å²) >= 11 is 10.4. The normalized spacial score (nSPS) is 8.33. The van der Waals surface area contributed by atoms with Gasteiger partial charge >= 0.3 is 0 Å². The molecule has 0 bridgehead atoms. The van der Waals surface area contributed by atoms with E-state index in [9.17, 15) is 4.79 Å². The molecule has 1 rings (SSSR count). The number of halogens is 2. The molecule has 0 heterocycles. The van der Waals surface area contributed by atoms with Gasteiger partial charge in [0.2, 0.25) is 0 Å². The molecular formula is C9H10Cl2O. The number of aryl methyl sites for hydroxylation is 1. The van der Waals surface area contributed by atoms with Gasteiger partial charge in [-0.15, -0.1) is 11.6 Å². The Bertz CT molecular complexity index is 259. The van der Waals surface area contributed by atoms with Crippen molar-refractivity contribution in [3.05, 3.63) is 34.3 Å². The van der Waals surface area contributed by atoms with Gasteiger partial charge in [0.1, 0.15) is 6.29 Å². The molecule has 0 aromatic heterocycles. The van der Waals surface area contributed by atoms with Gasteiger partial charge < -0.3 is 0 Å². The van der Waals surface area contributed by atoms with Crippen LogP contribution in [0.25, 0.3) is 0 Å². The van der Waals surface area contributed by atoms with Crippen molar-refractivity contribution in [2.75, 3.05) is 6.38 Å². The van der Waals surface area contributed by atoms with E-state index < -0.39 is 0 Å². The lowest BCUT2D eigenvalue weighted by Gasteiger charge is -1.95. The molecule has 1 aromatic rings. The molecule has 0 spiro atoms. The minimum Gasteiger partial charge on any atom is -0.298 e. The molecule has 0 N–H and O–H groups in total. The zero-order valence-electron chi connectivity index (χ0n) is 6.97. The van der Waals surface area contributed by atoms with Crippen LogP contribution >= 0.6 is 23.2 Å². The van der Waals surface area contributed by atoms with Gasteiger partial charge in [-0.05, 0) is 18.6 Å². The summed E-state index contributed by atoms with van der Waals surface area (Å²) in [6, 6.07) is 5.23. The van der Waals surface area contributed by atoms with E-state index in [1.54, 1.807) is 12.1 Å². The molecule has 1 aromatic carbocycles. The van der Waals surface area contributed by atoms with Crippen LogP contribution in [0.5, 0.6) is 0 Å². The Morgan fingerprint density at radius 3 is 2.33 bits per heavy atom. The van der Waals surface area contributed by atoms with E-state index in [-0.39, 0.29) is 0 Å². The van der Waals surface area contributed by atoms with Crippen molar-refractivity contribution in [1.82, 2.24) is 0 Å². The van der Waals surface area contributed by atoms with Crippen molar-refractivity contribution in [3.8, 4) is 0 Å². The average molecular weight is 205 g/mol. The molecule has 0 saturated heterocycles. The average Bonchev–Trinajstić information content (AvgIpc) is 2.13. The highest BCUT2D eigenvalue weighted by Gasteiger charge is 1.94. The highest BCUT2D eigenvalue weighted by atomic mass is 35.5. The van der Waals surface area contributed by atoms with E-state index in [4.69, 9.17) is 11.6 Å². The van der Waals surface area contributed by atoms with E-state index in [1.807, 2.05) is 13.0 Å². The second kappa shape index (κ2) is 6.04. The van der Waals surface area contributed by atoms with Crippen LogP contribution in [-0.2, 0) is 0 Å². The highest BCUT2D eigenvalue weighted by Crippen LogP contribution is 2.15. The molecular weight excluding hydrogens is 195 g/mol.